The molecular formula is C10H18O4S. The van der Waals surface area contributed by atoms with Gasteiger partial charge < -0.3 is 4.74 Å². The summed E-state index contributed by atoms with van der Waals surface area (Å²) in [5, 5.41) is 0. The zero-order chi connectivity index (χ0) is 10.9. The predicted octanol–water partition coefficient (Wildman–Crippen LogP) is 1.31. The van der Waals surface area contributed by atoms with Gasteiger partial charge in [0, 0.05) is 0 Å². The van der Waals surface area contributed by atoms with Crippen LogP contribution in [0.3, 0.4) is 0 Å². The van der Waals surface area contributed by atoms with Gasteiger partial charge in [0.15, 0.2) is 0 Å². The van der Waals surface area contributed by atoms with E-state index in [0.29, 0.717) is 24.7 Å². The molecule has 0 saturated carbocycles. The fourth-order valence-corrected chi connectivity index (χ4v) is 2.96. The first-order valence-corrected chi connectivity index (χ1v) is 7.34. The molecule has 2 rings (SSSR count). The van der Waals surface area contributed by atoms with Crippen LogP contribution in [0.1, 0.15) is 32.1 Å². The molecule has 2 fully saturated rings. The van der Waals surface area contributed by atoms with Crippen LogP contribution in [0, 0.1) is 5.92 Å². The van der Waals surface area contributed by atoms with Gasteiger partial charge in [-0.1, -0.05) is 0 Å². The van der Waals surface area contributed by atoms with E-state index < -0.39 is 10.1 Å². The molecule has 5 heteroatoms. The fraction of sp³-hybridized carbons (Fsp3) is 1.00. The second kappa shape index (κ2) is 4.39. The maximum Gasteiger partial charge on any atom is 0.264 e. The lowest BCUT2D eigenvalue weighted by molar-refractivity contribution is -0.106. The molecule has 0 spiro atoms. The van der Waals surface area contributed by atoms with E-state index in [-0.39, 0.29) is 0 Å². The van der Waals surface area contributed by atoms with E-state index in [1.807, 2.05) is 0 Å². The average Bonchev–Trinajstić information content (AvgIpc) is 2.13. The van der Waals surface area contributed by atoms with Crippen molar-refractivity contribution in [2.75, 3.05) is 12.9 Å². The molecule has 2 aliphatic rings. The molecule has 2 bridgehead atoms. The SMILES string of the molecule is CS(=O)(=O)OCC1CC2CCCC(C1)O2. The lowest BCUT2D eigenvalue weighted by atomic mass is 9.85. The van der Waals surface area contributed by atoms with Gasteiger partial charge in [-0.15, -0.1) is 0 Å². The van der Waals surface area contributed by atoms with Gasteiger partial charge in [-0.05, 0) is 38.0 Å². The Morgan fingerprint density at radius 3 is 2.40 bits per heavy atom. The third-order valence-electron chi connectivity index (χ3n) is 3.15. The number of fused-ring (bicyclic) bond motifs is 2. The molecule has 0 amide bonds. The van der Waals surface area contributed by atoms with E-state index >= 15 is 0 Å². The second-order valence-electron chi connectivity index (χ2n) is 4.64. The smallest absolute Gasteiger partial charge is 0.264 e. The molecule has 2 atom stereocenters. The molecule has 2 unspecified atom stereocenters. The van der Waals surface area contributed by atoms with Gasteiger partial charge in [0.1, 0.15) is 0 Å². The minimum atomic E-state index is -3.29. The third kappa shape index (κ3) is 3.43. The van der Waals surface area contributed by atoms with Crippen molar-refractivity contribution in [3.63, 3.8) is 0 Å². The minimum absolute atomic E-state index is 0.329. The van der Waals surface area contributed by atoms with Crippen LogP contribution in [0.2, 0.25) is 0 Å². The highest BCUT2D eigenvalue weighted by molar-refractivity contribution is 7.85. The highest BCUT2D eigenvalue weighted by Crippen LogP contribution is 2.34. The van der Waals surface area contributed by atoms with Crippen LogP contribution in [0.15, 0.2) is 0 Å². The van der Waals surface area contributed by atoms with Crippen LogP contribution >= 0.6 is 0 Å². The molecule has 4 nitrogen and oxygen atoms in total. The first kappa shape index (κ1) is 11.4. The second-order valence-corrected chi connectivity index (χ2v) is 6.28. The van der Waals surface area contributed by atoms with Crippen LogP contribution in [0.25, 0.3) is 0 Å². The summed E-state index contributed by atoms with van der Waals surface area (Å²) in [5.74, 6) is 0.351. The molecule has 2 saturated heterocycles. The van der Waals surface area contributed by atoms with Gasteiger partial charge in [0.25, 0.3) is 10.1 Å². The van der Waals surface area contributed by atoms with Crippen LogP contribution in [-0.2, 0) is 19.0 Å². The number of hydrogen-bond donors (Lipinski definition) is 0. The van der Waals surface area contributed by atoms with Crippen molar-refractivity contribution in [2.24, 2.45) is 5.92 Å². The lowest BCUT2D eigenvalue weighted by Gasteiger charge is -2.39. The summed E-state index contributed by atoms with van der Waals surface area (Å²) in [4.78, 5) is 0. The summed E-state index contributed by atoms with van der Waals surface area (Å²) in [6, 6.07) is 0. The van der Waals surface area contributed by atoms with Crippen molar-refractivity contribution in [2.45, 2.75) is 44.3 Å². The predicted molar refractivity (Wildman–Crippen MR) is 56.0 cm³/mol. The molecule has 0 aromatic rings. The van der Waals surface area contributed by atoms with Crippen LogP contribution in [0.4, 0.5) is 0 Å². The average molecular weight is 234 g/mol. The Bertz CT molecular complexity index is 299. The van der Waals surface area contributed by atoms with Gasteiger partial charge in [-0.2, -0.15) is 8.42 Å². The molecule has 2 aliphatic heterocycles. The van der Waals surface area contributed by atoms with Crippen molar-refractivity contribution < 1.29 is 17.3 Å². The van der Waals surface area contributed by atoms with Gasteiger partial charge >= 0.3 is 0 Å². The summed E-state index contributed by atoms with van der Waals surface area (Å²) in [7, 11) is -3.29. The topological polar surface area (TPSA) is 52.6 Å². The molecule has 0 aliphatic carbocycles. The largest absolute Gasteiger partial charge is 0.375 e. The van der Waals surface area contributed by atoms with Gasteiger partial charge in [0.05, 0.1) is 25.1 Å². The molecule has 0 aromatic heterocycles. The Hall–Kier alpha value is -0.130. The highest BCUT2D eigenvalue weighted by atomic mass is 32.2. The summed E-state index contributed by atoms with van der Waals surface area (Å²) >= 11 is 0. The van der Waals surface area contributed by atoms with E-state index in [9.17, 15) is 8.42 Å². The maximum absolute atomic E-state index is 10.9. The van der Waals surface area contributed by atoms with E-state index in [1.165, 1.54) is 6.42 Å². The fourth-order valence-electron chi connectivity index (χ4n) is 2.52. The molecule has 0 radical (unpaired) electrons. The van der Waals surface area contributed by atoms with E-state index in [4.69, 9.17) is 8.92 Å². The molecule has 2 heterocycles. The van der Waals surface area contributed by atoms with Gasteiger partial charge in [-0.25, -0.2) is 0 Å². The number of hydrogen-bond acceptors (Lipinski definition) is 4. The Morgan fingerprint density at radius 1 is 1.27 bits per heavy atom. The van der Waals surface area contributed by atoms with E-state index in [1.54, 1.807) is 0 Å². The third-order valence-corrected chi connectivity index (χ3v) is 3.71. The summed E-state index contributed by atoms with van der Waals surface area (Å²) in [5.41, 5.74) is 0. The molecule has 15 heavy (non-hydrogen) atoms. The monoisotopic (exact) mass is 234 g/mol. The van der Waals surface area contributed by atoms with E-state index in [2.05, 4.69) is 0 Å². The van der Waals surface area contributed by atoms with Crippen LogP contribution in [0.5, 0.6) is 0 Å². The zero-order valence-electron chi connectivity index (χ0n) is 9.02. The Morgan fingerprint density at radius 2 is 1.87 bits per heavy atom. The van der Waals surface area contributed by atoms with E-state index in [0.717, 1.165) is 31.9 Å². The zero-order valence-corrected chi connectivity index (χ0v) is 9.83. The van der Waals surface area contributed by atoms with Crippen molar-refractivity contribution in [3.05, 3.63) is 0 Å². The lowest BCUT2D eigenvalue weighted by Crippen LogP contribution is -2.38. The Balaban J connectivity index is 1.84. The first-order valence-electron chi connectivity index (χ1n) is 5.53. The molecule has 88 valence electrons. The van der Waals surface area contributed by atoms with Crippen LogP contribution < -0.4 is 0 Å². The minimum Gasteiger partial charge on any atom is -0.375 e. The molecular weight excluding hydrogens is 216 g/mol. The quantitative estimate of drug-likeness (QED) is 0.691. The van der Waals surface area contributed by atoms with Crippen molar-refractivity contribution >= 4 is 10.1 Å². The standard InChI is InChI=1S/C10H18O4S/c1-15(11,12)13-7-8-5-9-3-2-4-10(6-8)14-9/h8-10H,2-7H2,1H3. The molecule has 0 N–H and O–H groups in total. The Kier molecular flexibility index (Phi) is 3.33. The first-order chi connectivity index (χ1) is 7.03. The Labute approximate surface area is 91.1 Å². The highest BCUT2D eigenvalue weighted by Gasteiger charge is 2.32. The normalized spacial score (nSPS) is 36.5. The summed E-state index contributed by atoms with van der Waals surface area (Å²) in [6.45, 7) is 0.329. The number of rotatable bonds is 3. The van der Waals surface area contributed by atoms with Crippen molar-refractivity contribution in [1.29, 1.82) is 0 Å². The van der Waals surface area contributed by atoms with Crippen LogP contribution in [-0.4, -0.2) is 33.5 Å². The number of ether oxygens (including phenoxy) is 1. The van der Waals surface area contributed by atoms with Gasteiger partial charge in [-0.3, -0.25) is 4.18 Å². The summed E-state index contributed by atoms with van der Waals surface area (Å²) < 4.78 is 32.4. The molecule has 0 aromatic carbocycles. The summed E-state index contributed by atoms with van der Waals surface area (Å²) in [6.07, 6.45) is 7.16. The van der Waals surface area contributed by atoms with Gasteiger partial charge in [0.2, 0.25) is 0 Å². The maximum atomic E-state index is 10.9. The van der Waals surface area contributed by atoms with Crippen molar-refractivity contribution in [3.8, 4) is 0 Å². The van der Waals surface area contributed by atoms with Crippen molar-refractivity contribution in [1.82, 2.24) is 0 Å².